The average molecular weight is 595 g/mol. The monoisotopic (exact) mass is 593 g/mol. The SMILES string of the molecule is CCS(=O)(=O)c1ccc(CC(=O)Nc2nc3c(s2)CN([C@H](C)c2cc(Br)ccc2F)[C@H]3C(C)C)cc1. The third-order valence-corrected chi connectivity index (χ3v) is 9.72. The van der Waals surface area contributed by atoms with Crippen LogP contribution in [-0.4, -0.2) is 30.0 Å². The van der Waals surface area contributed by atoms with Gasteiger partial charge in [-0.25, -0.2) is 17.8 Å². The first-order chi connectivity index (χ1) is 17.0. The molecule has 4 rings (SSSR count). The van der Waals surface area contributed by atoms with E-state index in [1.807, 2.05) is 13.0 Å². The Bertz CT molecular complexity index is 1370. The standard InChI is InChI=1S/C26H29BrFN3O3S2/c1-5-36(33,34)19-9-6-17(7-10-19)12-23(32)29-26-30-24-22(35-26)14-31(25(24)15(2)3)16(4)20-13-18(27)8-11-21(20)28/h6-11,13,15-16,25H,5,12,14H2,1-4H3,(H,29,30,32)/t16-,25+/m1/s1. The van der Waals surface area contributed by atoms with Crippen molar-refractivity contribution >= 4 is 48.1 Å². The zero-order valence-corrected chi connectivity index (χ0v) is 23.8. The maximum Gasteiger partial charge on any atom is 0.230 e. The normalized spacial score (nSPS) is 16.8. The largest absolute Gasteiger partial charge is 0.302 e. The summed E-state index contributed by atoms with van der Waals surface area (Å²) in [5, 5.41) is 3.44. The number of aromatic nitrogens is 1. The molecule has 0 unspecified atom stereocenters. The van der Waals surface area contributed by atoms with Gasteiger partial charge in [0.05, 0.1) is 28.8 Å². The molecule has 6 nitrogen and oxygen atoms in total. The number of sulfone groups is 1. The van der Waals surface area contributed by atoms with E-state index in [4.69, 9.17) is 4.98 Å². The molecule has 10 heteroatoms. The van der Waals surface area contributed by atoms with Crippen LogP contribution in [0.1, 0.15) is 61.5 Å². The predicted octanol–water partition coefficient (Wildman–Crippen LogP) is 6.29. The van der Waals surface area contributed by atoms with Gasteiger partial charge in [-0.1, -0.05) is 48.8 Å². The van der Waals surface area contributed by atoms with Crippen LogP contribution in [0.3, 0.4) is 0 Å². The third-order valence-electron chi connectivity index (χ3n) is 6.50. The van der Waals surface area contributed by atoms with Crippen molar-refractivity contribution in [2.75, 3.05) is 11.1 Å². The second-order valence-electron chi connectivity index (χ2n) is 9.30. The second-order valence-corrected chi connectivity index (χ2v) is 13.6. The number of benzene rings is 2. The molecule has 0 saturated carbocycles. The van der Waals surface area contributed by atoms with Crippen molar-refractivity contribution in [1.82, 2.24) is 9.88 Å². The van der Waals surface area contributed by atoms with Crippen LogP contribution in [0.25, 0.3) is 0 Å². The lowest BCUT2D eigenvalue weighted by Crippen LogP contribution is -2.29. The van der Waals surface area contributed by atoms with Crippen molar-refractivity contribution in [3.05, 3.63) is 74.5 Å². The van der Waals surface area contributed by atoms with Gasteiger partial charge < -0.3 is 5.32 Å². The summed E-state index contributed by atoms with van der Waals surface area (Å²) in [6.07, 6.45) is 0.121. The molecule has 0 fully saturated rings. The molecule has 1 amide bonds. The van der Waals surface area contributed by atoms with Crippen LogP contribution >= 0.6 is 27.3 Å². The van der Waals surface area contributed by atoms with E-state index in [0.717, 1.165) is 20.6 Å². The highest BCUT2D eigenvalue weighted by molar-refractivity contribution is 9.10. The fourth-order valence-corrected chi connectivity index (χ4v) is 6.89. The van der Waals surface area contributed by atoms with Gasteiger partial charge in [-0.2, -0.15) is 0 Å². The Labute approximate surface area is 224 Å². The lowest BCUT2D eigenvalue weighted by Gasteiger charge is -2.33. The molecule has 1 aromatic heterocycles. The predicted molar refractivity (Wildman–Crippen MR) is 144 cm³/mol. The number of nitrogens with zero attached hydrogens (tertiary/aromatic N) is 2. The number of carbonyl (C=O) groups excluding carboxylic acids is 1. The third kappa shape index (κ3) is 5.56. The van der Waals surface area contributed by atoms with E-state index in [2.05, 4.69) is 40.0 Å². The number of amides is 1. The van der Waals surface area contributed by atoms with Gasteiger partial charge in [-0.3, -0.25) is 9.69 Å². The maximum absolute atomic E-state index is 14.6. The lowest BCUT2D eigenvalue weighted by atomic mass is 9.98. The summed E-state index contributed by atoms with van der Waals surface area (Å²) in [6.45, 7) is 8.49. The average Bonchev–Trinajstić information content (AvgIpc) is 3.37. The van der Waals surface area contributed by atoms with Gasteiger partial charge in [-0.05, 0) is 48.7 Å². The molecule has 0 saturated heterocycles. The zero-order chi connectivity index (χ0) is 26.2. The van der Waals surface area contributed by atoms with Gasteiger partial charge in [0, 0.05) is 27.5 Å². The Balaban J connectivity index is 1.47. The van der Waals surface area contributed by atoms with Gasteiger partial charge >= 0.3 is 0 Å². The van der Waals surface area contributed by atoms with Gasteiger partial charge in [0.25, 0.3) is 0 Å². The van der Waals surface area contributed by atoms with Crippen LogP contribution < -0.4 is 5.32 Å². The van der Waals surface area contributed by atoms with E-state index in [-0.39, 0.29) is 46.8 Å². The fraction of sp³-hybridized carbons (Fsp3) is 0.385. The van der Waals surface area contributed by atoms with Crippen molar-refractivity contribution in [3.63, 3.8) is 0 Å². The van der Waals surface area contributed by atoms with Crippen LogP contribution in [0.5, 0.6) is 0 Å². The lowest BCUT2D eigenvalue weighted by molar-refractivity contribution is -0.115. The number of halogens is 2. The minimum absolute atomic E-state index is 0.00310. The van der Waals surface area contributed by atoms with Crippen LogP contribution in [0.4, 0.5) is 9.52 Å². The minimum Gasteiger partial charge on any atom is -0.302 e. The number of anilines is 1. The molecular weight excluding hydrogens is 565 g/mol. The van der Waals surface area contributed by atoms with E-state index in [9.17, 15) is 17.6 Å². The molecule has 192 valence electrons. The summed E-state index contributed by atoms with van der Waals surface area (Å²) in [7, 11) is -3.27. The summed E-state index contributed by atoms with van der Waals surface area (Å²) in [5.41, 5.74) is 2.29. The summed E-state index contributed by atoms with van der Waals surface area (Å²) >= 11 is 4.89. The van der Waals surface area contributed by atoms with Crippen molar-refractivity contribution in [2.24, 2.45) is 5.92 Å². The van der Waals surface area contributed by atoms with E-state index in [1.54, 1.807) is 25.1 Å². The van der Waals surface area contributed by atoms with E-state index >= 15 is 0 Å². The Morgan fingerprint density at radius 1 is 1.22 bits per heavy atom. The Morgan fingerprint density at radius 3 is 2.56 bits per heavy atom. The maximum atomic E-state index is 14.6. The molecule has 1 N–H and O–H groups in total. The molecule has 0 bridgehead atoms. The minimum atomic E-state index is -3.27. The highest BCUT2D eigenvalue weighted by Gasteiger charge is 2.39. The number of hydrogen-bond acceptors (Lipinski definition) is 6. The first-order valence-corrected chi connectivity index (χ1v) is 15.1. The molecule has 1 aliphatic heterocycles. The summed E-state index contributed by atoms with van der Waals surface area (Å²) in [6, 6.07) is 11.3. The summed E-state index contributed by atoms with van der Waals surface area (Å²) < 4.78 is 39.4. The molecule has 0 spiro atoms. The highest BCUT2D eigenvalue weighted by atomic mass is 79.9. The van der Waals surface area contributed by atoms with Crippen molar-refractivity contribution in [3.8, 4) is 0 Å². The van der Waals surface area contributed by atoms with Crippen LogP contribution in [0.2, 0.25) is 0 Å². The molecule has 0 radical (unpaired) electrons. The van der Waals surface area contributed by atoms with Crippen molar-refractivity contribution in [1.29, 1.82) is 0 Å². The molecule has 3 aromatic rings. The number of rotatable bonds is 8. The van der Waals surface area contributed by atoms with Gasteiger partial charge in [0.15, 0.2) is 15.0 Å². The number of nitrogens with one attached hydrogen (secondary N) is 1. The van der Waals surface area contributed by atoms with Gasteiger partial charge in [-0.15, -0.1) is 11.3 Å². The number of fused-ring (bicyclic) bond motifs is 1. The van der Waals surface area contributed by atoms with Crippen LogP contribution in [0, 0.1) is 11.7 Å². The van der Waals surface area contributed by atoms with Gasteiger partial charge in [0.2, 0.25) is 5.91 Å². The smallest absolute Gasteiger partial charge is 0.230 e. The van der Waals surface area contributed by atoms with Crippen molar-refractivity contribution in [2.45, 2.75) is 57.6 Å². The number of carbonyl (C=O) groups is 1. The number of hydrogen-bond donors (Lipinski definition) is 1. The Hall–Kier alpha value is -2.14. The molecule has 2 aromatic carbocycles. The topological polar surface area (TPSA) is 79.4 Å². The van der Waals surface area contributed by atoms with E-state index in [0.29, 0.717) is 17.2 Å². The molecule has 2 atom stereocenters. The quantitative estimate of drug-likeness (QED) is 0.332. The van der Waals surface area contributed by atoms with Crippen molar-refractivity contribution < 1.29 is 17.6 Å². The van der Waals surface area contributed by atoms with E-state index < -0.39 is 9.84 Å². The first kappa shape index (κ1) is 26.9. The van der Waals surface area contributed by atoms with Crippen LogP contribution in [-0.2, 0) is 27.6 Å². The molecule has 2 heterocycles. The fourth-order valence-electron chi connectivity index (χ4n) is 4.60. The molecule has 0 aliphatic carbocycles. The summed E-state index contributed by atoms with van der Waals surface area (Å²) in [5.74, 6) is -0.166. The molecule has 1 aliphatic rings. The summed E-state index contributed by atoms with van der Waals surface area (Å²) in [4.78, 5) is 21.0. The molecular formula is C26H29BrFN3O3S2. The first-order valence-electron chi connectivity index (χ1n) is 11.8. The van der Waals surface area contributed by atoms with Crippen LogP contribution in [0.15, 0.2) is 51.8 Å². The second kappa shape index (κ2) is 10.7. The Kier molecular flexibility index (Phi) is 7.99. The highest BCUT2D eigenvalue weighted by Crippen LogP contribution is 2.46. The Morgan fingerprint density at radius 2 is 1.92 bits per heavy atom. The van der Waals surface area contributed by atoms with Gasteiger partial charge in [0.1, 0.15) is 5.82 Å². The molecule has 36 heavy (non-hydrogen) atoms. The van der Waals surface area contributed by atoms with E-state index in [1.165, 1.54) is 29.5 Å². The number of thiazole rings is 1. The zero-order valence-electron chi connectivity index (χ0n) is 20.6.